The Balaban J connectivity index is 1.39. The Kier molecular flexibility index (Phi) is 5.05. The number of benzene rings is 1. The first-order valence-electron chi connectivity index (χ1n) is 11.0. The second-order valence-electron chi connectivity index (χ2n) is 8.65. The van der Waals surface area contributed by atoms with Gasteiger partial charge in [-0.15, -0.1) is 0 Å². The number of amides is 2. The van der Waals surface area contributed by atoms with Crippen molar-refractivity contribution in [3.63, 3.8) is 0 Å². The molecule has 2 fully saturated rings. The molecule has 9 nitrogen and oxygen atoms in total. The molecule has 4 heterocycles. The molecule has 0 saturated carbocycles. The number of hydrogen-bond acceptors (Lipinski definition) is 6. The SMILES string of the molecule is Cc1cn2nc(C(=O)Nc3ccc(N4CCN5CCC[C@@H]5C4)cc3C(N)=O)cc2c(C)n1. The molecule has 2 saturated heterocycles. The number of nitrogens with zero attached hydrogens (tertiary/aromatic N) is 5. The van der Waals surface area contributed by atoms with Gasteiger partial charge in [0.15, 0.2) is 5.69 Å². The highest BCUT2D eigenvalue weighted by Gasteiger charge is 2.31. The van der Waals surface area contributed by atoms with Gasteiger partial charge in [-0.2, -0.15) is 5.10 Å². The van der Waals surface area contributed by atoms with Crippen LogP contribution in [0.25, 0.3) is 5.52 Å². The fourth-order valence-electron chi connectivity index (χ4n) is 4.86. The third kappa shape index (κ3) is 3.69. The van der Waals surface area contributed by atoms with E-state index in [-0.39, 0.29) is 5.69 Å². The van der Waals surface area contributed by atoms with Gasteiger partial charge in [-0.05, 0) is 57.5 Å². The standard InChI is InChI=1S/C23H27N7O2/c1-14-12-30-21(15(2)25-14)11-20(27-30)23(32)26-19-6-5-16(10-18(19)22(24)31)29-9-8-28-7-3-4-17(28)13-29/h5-6,10-12,17H,3-4,7-9,13H2,1-2H3,(H2,24,31)(H,26,32)/t17-/m1/s1. The number of rotatable bonds is 4. The molecule has 0 aliphatic carbocycles. The maximum Gasteiger partial charge on any atom is 0.276 e. The predicted molar refractivity (Wildman–Crippen MR) is 122 cm³/mol. The number of anilines is 2. The minimum atomic E-state index is -0.577. The molecule has 9 heteroatoms. The van der Waals surface area contributed by atoms with Crippen molar-refractivity contribution in [2.75, 3.05) is 36.4 Å². The lowest BCUT2D eigenvalue weighted by molar-refractivity contribution is 0.100. The van der Waals surface area contributed by atoms with Crippen LogP contribution in [-0.2, 0) is 0 Å². The topological polar surface area (TPSA) is 109 Å². The maximum absolute atomic E-state index is 12.9. The molecule has 0 bridgehead atoms. The Morgan fingerprint density at radius 2 is 2.00 bits per heavy atom. The van der Waals surface area contributed by atoms with Gasteiger partial charge in [0.25, 0.3) is 11.8 Å². The van der Waals surface area contributed by atoms with Gasteiger partial charge in [-0.25, -0.2) is 4.52 Å². The molecule has 2 aliphatic heterocycles. The fourth-order valence-corrected chi connectivity index (χ4v) is 4.86. The molecule has 5 rings (SSSR count). The summed E-state index contributed by atoms with van der Waals surface area (Å²) < 4.78 is 1.65. The van der Waals surface area contributed by atoms with Crippen LogP contribution in [0.1, 0.15) is 45.1 Å². The lowest BCUT2D eigenvalue weighted by Gasteiger charge is -2.39. The summed E-state index contributed by atoms with van der Waals surface area (Å²) in [6.07, 6.45) is 4.22. The van der Waals surface area contributed by atoms with Crippen LogP contribution in [-0.4, -0.2) is 63.5 Å². The van der Waals surface area contributed by atoms with E-state index < -0.39 is 11.8 Å². The number of nitrogens with two attached hydrogens (primary N) is 1. The van der Waals surface area contributed by atoms with E-state index in [1.54, 1.807) is 28.9 Å². The number of hydrogen-bond donors (Lipinski definition) is 2. The van der Waals surface area contributed by atoms with Crippen LogP contribution in [0.15, 0.2) is 30.5 Å². The zero-order valence-electron chi connectivity index (χ0n) is 18.3. The molecule has 0 radical (unpaired) electrons. The minimum absolute atomic E-state index is 0.248. The molecule has 0 unspecified atom stereocenters. The number of aromatic nitrogens is 3. The Morgan fingerprint density at radius 3 is 2.81 bits per heavy atom. The fraction of sp³-hybridized carbons (Fsp3) is 0.391. The van der Waals surface area contributed by atoms with Crippen molar-refractivity contribution in [2.24, 2.45) is 5.73 Å². The predicted octanol–water partition coefficient (Wildman–Crippen LogP) is 1.98. The first-order valence-corrected chi connectivity index (χ1v) is 11.0. The highest BCUT2D eigenvalue weighted by atomic mass is 16.2. The summed E-state index contributed by atoms with van der Waals surface area (Å²) in [6, 6.07) is 7.73. The van der Waals surface area contributed by atoms with Crippen molar-refractivity contribution in [3.8, 4) is 0 Å². The van der Waals surface area contributed by atoms with Crippen molar-refractivity contribution < 1.29 is 9.59 Å². The van der Waals surface area contributed by atoms with E-state index in [1.165, 1.54) is 19.4 Å². The smallest absolute Gasteiger partial charge is 0.276 e. The van der Waals surface area contributed by atoms with Crippen LogP contribution in [0.4, 0.5) is 11.4 Å². The summed E-state index contributed by atoms with van der Waals surface area (Å²) in [5.41, 5.74) is 9.91. The van der Waals surface area contributed by atoms with E-state index in [0.717, 1.165) is 42.2 Å². The van der Waals surface area contributed by atoms with Crippen LogP contribution in [0.3, 0.4) is 0 Å². The van der Waals surface area contributed by atoms with Gasteiger partial charge in [0.2, 0.25) is 0 Å². The molecule has 3 N–H and O–H groups in total. The van der Waals surface area contributed by atoms with Crippen LogP contribution in [0, 0.1) is 13.8 Å². The largest absolute Gasteiger partial charge is 0.369 e. The van der Waals surface area contributed by atoms with Gasteiger partial charge in [-0.3, -0.25) is 19.5 Å². The summed E-state index contributed by atoms with van der Waals surface area (Å²) in [4.78, 5) is 34.3. The molecular weight excluding hydrogens is 406 g/mol. The second-order valence-corrected chi connectivity index (χ2v) is 8.65. The first-order chi connectivity index (χ1) is 15.4. The lowest BCUT2D eigenvalue weighted by Crippen LogP contribution is -2.50. The summed E-state index contributed by atoms with van der Waals surface area (Å²) in [5.74, 6) is -0.979. The van der Waals surface area contributed by atoms with Crippen LogP contribution < -0.4 is 16.0 Å². The minimum Gasteiger partial charge on any atom is -0.369 e. The molecule has 1 atom stereocenters. The quantitative estimate of drug-likeness (QED) is 0.651. The summed E-state index contributed by atoms with van der Waals surface area (Å²) in [5, 5.41) is 7.17. The van der Waals surface area contributed by atoms with Gasteiger partial charge >= 0.3 is 0 Å². The number of fused-ring (bicyclic) bond motifs is 2. The van der Waals surface area contributed by atoms with Crippen LogP contribution in [0.2, 0.25) is 0 Å². The zero-order chi connectivity index (χ0) is 22.4. The van der Waals surface area contributed by atoms with Crippen molar-refractivity contribution in [2.45, 2.75) is 32.7 Å². The van der Waals surface area contributed by atoms with Gasteiger partial charge in [0, 0.05) is 31.4 Å². The molecule has 1 aromatic carbocycles. The molecular formula is C23H27N7O2. The number of aryl methyl sites for hydroxylation is 2. The Labute approximate surface area is 186 Å². The van der Waals surface area contributed by atoms with Gasteiger partial charge in [0.1, 0.15) is 0 Å². The van der Waals surface area contributed by atoms with Crippen molar-refractivity contribution >= 4 is 28.7 Å². The number of carbonyl (C=O) groups excluding carboxylic acids is 2. The van der Waals surface area contributed by atoms with E-state index in [9.17, 15) is 9.59 Å². The summed E-state index contributed by atoms with van der Waals surface area (Å²) >= 11 is 0. The molecule has 166 valence electrons. The first kappa shape index (κ1) is 20.4. The third-order valence-corrected chi connectivity index (χ3v) is 6.46. The molecule has 2 aliphatic rings. The van der Waals surface area contributed by atoms with E-state index in [4.69, 9.17) is 5.73 Å². The van der Waals surface area contributed by atoms with E-state index in [2.05, 4.69) is 25.2 Å². The average Bonchev–Trinajstić information content (AvgIpc) is 3.40. The highest BCUT2D eigenvalue weighted by molar-refractivity contribution is 6.08. The monoisotopic (exact) mass is 433 g/mol. The summed E-state index contributed by atoms with van der Waals surface area (Å²) in [6.45, 7) is 7.81. The molecule has 32 heavy (non-hydrogen) atoms. The molecule has 2 amide bonds. The number of carbonyl (C=O) groups is 2. The van der Waals surface area contributed by atoms with Crippen LogP contribution >= 0.6 is 0 Å². The van der Waals surface area contributed by atoms with Crippen molar-refractivity contribution in [1.29, 1.82) is 0 Å². The number of nitrogens with one attached hydrogen (secondary N) is 1. The van der Waals surface area contributed by atoms with Gasteiger partial charge < -0.3 is 16.0 Å². The Bertz CT molecular complexity index is 1220. The zero-order valence-corrected chi connectivity index (χ0v) is 18.3. The molecule has 0 spiro atoms. The normalized spacial score (nSPS) is 18.7. The average molecular weight is 434 g/mol. The van der Waals surface area contributed by atoms with Crippen LogP contribution in [0.5, 0.6) is 0 Å². The summed E-state index contributed by atoms with van der Waals surface area (Å²) in [7, 11) is 0. The Hall–Kier alpha value is -3.46. The maximum atomic E-state index is 12.9. The van der Waals surface area contributed by atoms with E-state index in [0.29, 0.717) is 17.3 Å². The van der Waals surface area contributed by atoms with Crippen molar-refractivity contribution in [3.05, 3.63) is 53.1 Å². The van der Waals surface area contributed by atoms with Gasteiger partial charge in [0.05, 0.1) is 34.4 Å². The van der Waals surface area contributed by atoms with Crippen molar-refractivity contribution in [1.82, 2.24) is 19.5 Å². The van der Waals surface area contributed by atoms with E-state index >= 15 is 0 Å². The van der Waals surface area contributed by atoms with E-state index in [1.807, 2.05) is 19.9 Å². The third-order valence-electron chi connectivity index (χ3n) is 6.46. The van der Waals surface area contributed by atoms with Gasteiger partial charge in [-0.1, -0.05) is 0 Å². The lowest BCUT2D eigenvalue weighted by atomic mass is 10.1. The molecule has 2 aromatic heterocycles. The number of piperazine rings is 1. The molecule has 3 aromatic rings. The second kappa shape index (κ2) is 7.90. The number of primary amides is 1. The Morgan fingerprint density at radius 1 is 1.16 bits per heavy atom. The highest BCUT2D eigenvalue weighted by Crippen LogP contribution is 2.28.